The van der Waals surface area contributed by atoms with Gasteiger partial charge >= 0.3 is 0 Å². The Labute approximate surface area is 71.2 Å². The van der Waals surface area contributed by atoms with Crippen LogP contribution in [0.3, 0.4) is 0 Å². The average molecular weight is 167 g/mol. The van der Waals surface area contributed by atoms with E-state index < -0.39 is 0 Å². The Morgan fingerprint density at radius 1 is 1.75 bits per heavy atom. The minimum atomic E-state index is 0.241. The number of aliphatic hydroxyl groups is 1. The van der Waals surface area contributed by atoms with E-state index in [1.807, 2.05) is 6.20 Å². The van der Waals surface area contributed by atoms with Crippen molar-refractivity contribution >= 4 is 0 Å². The van der Waals surface area contributed by atoms with E-state index >= 15 is 0 Å². The van der Waals surface area contributed by atoms with Gasteiger partial charge in [-0.2, -0.15) is 0 Å². The molecule has 0 saturated heterocycles. The molecule has 1 unspecified atom stereocenters. The average Bonchev–Trinajstić information content (AvgIpc) is 2.43. The number of nitrogens with zero attached hydrogens (tertiary/aromatic N) is 2. The van der Waals surface area contributed by atoms with Crippen molar-refractivity contribution < 1.29 is 5.11 Å². The van der Waals surface area contributed by atoms with Crippen LogP contribution in [-0.4, -0.2) is 27.8 Å². The third-order valence-corrected chi connectivity index (χ3v) is 2.23. The Hall–Kier alpha value is -0.870. The van der Waals surface area contributed by atoms with E-state index in [2.05, 4.69) is 14.9 Å². The van der Waals surface area contributed by atoms with Crippen LogP contribution in [0.4, 0.5) is 0 Å². The first-order valence-corrected chi connectivity index (χ1v) is 4.21. The van der Waals surface area contributed by atoms with Crippen molar-refractivity contribution in [3.63, 3.8) is 0 Å². The predicted octanol–water partition coefficient (Wildman–Crippen LogP) is -0.405. The smallest absolute Gasteiger partial charge is 0.122 e. The summed E-state index contributed by atoms with van der Waals surface area (Å²) in [6.45, 7) is 2.80. The second-order valence-corrected chi connectivity index (χ2v) is 3.18. The van der Waals surface area contributed by atoms with Crippen LogP contribution >= 0.6 is 0 Å². The zero-order valence-corrected chi connectivity index (χ0v) is 6.90. The highest BCUT2D eigenvalue weighted by Gasteiger charge is 2.14. The molecule has 2 N–H and O–H groups in total. The molecule has 1 aromatic heterocycles. The maximum Gasteiger partial charge on any atom is 0.122 e. The molecule has 0 spiro atoms. The van der Waals surface area contributed by atoms with Gasteiger partial charge in [0.1, 0.15) is 5.82 Å². The van der Waals surface area contributed by atoms with Crippen LogP contribution in [0.25, 0.3) is 0 Å². The summed E-state index contributed by atoms with van der Waals surface area (Å²) in [6.07, 6.45) is 3.77. The fourth-order valence-corrected chi connectivity index (χ4v) is 1.53. The van der Waals surface area contributed by atoms with Gasteiger partial charge in [-0.25, -0.2) is 4.98 Å². The molecule has 0 aromatic carbocycles. The van der Waals surface area contributed by atoms with Gasteiger partial charge in [0.05, 0.1) is 6.54 Å². The molecule has 4 nitrogen and oxygen atoms in total. The van der Waals surface area contributed by atoms with E-state index in [-0.39, 0.29) is 6.61 Å². The van der Waals surface area contributed by atoms with Crippen LogP contribution < -0.4 is 5.32 Å². The molecule has 0 fully saturated rings. The summed E-state index contributed by atoms with van der Waals surface area (Å²) >= 11 is 0. The summed E-state index contributed by atoms with van der Waals surface area (Å²) in [7, 11) is 0. The molecule has 2 rings (SSSR count). The quantitative estimate of drug-likeness (QED) is 0.598. The monoisotopic (exact) mass is 167 g/mol. The highest BCUT2D eigenvalue weighted by atomic mass is 16.3. The summed E-state index contributed by atoms with van der Waals surface area (Å²) in [5.74, 6) is 1.38. The summed E-state index contributed by atoms with van der Waals surface area (Å²) in [5.41, 5.74) is 0. The number of aliphatic hydroxyl groups excluding tert-OH is 1. The van der Waals surface area contributed by atoms with Crippen LogP contribution in [-0.2, 0) is 13.1 Å². The van der Waals surface area contributed by atoms with Crippen LogP contribution in [0.1, 0.15) is 5.82 Å². The van der Waals surface area contributed by atoms with Gasteiger partial charge in [0, 0.05) is 38.0 Å². The Bertz CT molecular complexity index is 259. The summed E-state index contributed by atoms with van der Waals surface area (Å²) in [5, 5.41) is 12.3. The molecule has 12 heavy (non-hydrogen) atoms. The van der Waals surface area contributed by atoms with E-state index in [1.54, 1.807) is 6.20 Å². The Morgan fingerprint density at radius 3 is 3.50 bits per heavy atom. The maximum absolute atomic E-state index is 9.01. The lowest BCUT2D eigenvalue weighted by Crippen LogP contribution is -2.23. The van der Waals surface area contributed by atoms with Crippen LogP contribution in [0.5, 0.6) is 0 Å². The van der Waals surface area contributed by atoms with Crippen LogP contribution in [0, 0.1) is 5.92 Å². The van der Waals surface area contributed by atoms with E-state index in [0.717, 1.165) is 25.5 Å². The van der Waals surface area contributed by atoms with Gasteiger partial charge in [0.25, 0.3) is 0 Å². The van der Waals surface area contributed by atoms with E-state index in [9.17, 15) is 0 Å². The van der Waals surface area contributed by atoms with Gasteiger partial charge in [-0.15, -0.1) is 0 Å². The van der Waals surface area contributed by atoms with Gasteiger partial charge in [0.15, 0.2) is 0 Å². The number of nitrogens with one attached hydrogen (secondary N) is 1. The SMILES string of the molecule is OCC1CNCc2nccn2C1. The van der Waals surface area contributed by atoms with Crippen molar-refractivity contribution in [1.82, 2.24) is 14.9 Å². The van der Waals surface area contributed by atoms with Gasteiger partial charge in [-0.05, 0) is 0 Å². The number of hydrogen-bond donors (Lipinski definition) is 2. The zero-order valence-electron chi connectivity index (χ0n) is 6.90. The first-order chi connectivity index (χ1) is 5.90. The van der Waals surface area contributed by atoms with E-state index in [4.69, 9.17) is 5.11 Å². The lowest BCUT2D eigenvalue weighted by molar-refractivity contribution is 0.212. The number of aromatic nitrogens is 2. The molecule has 0 bridgehead atoms. The predicted molar refractivity (Wildman–Crippen MR) is 44.5 cm³/mol. The maximum atomic E-state index is 9.01. The fourth-order valence-electron chi connectivity index (χ4n) is 1.53. The molecule has 0 radical (unpaired) electrons. The molecular weight excluding hydrogens is 154 g/mol. The van der Waals surface area contributed by atoms with Crippen LogP contribution in [0.15, 0.2) is 12.4 Å². The second-order valence-electron chi connectivity index (χ2n) is 3.18. The van der Waals surface area contributed by atoms with Crippen LogP contribution in [0.2, 0.25) is 0 Å². The number of imidazole rings is 1. The highest BCUT2D eigenvalue weighted by Crippen LogP contribution is 2.07. The first-order valence-electron chi connectivity index (χ1n) is 4.21. The molecule has 0 saturated carbocycles. The summed E-state index contributed by atoms with van der Waals surface area (Å²) < 4.78 is 2.10. The van der Waals surface area contributed by atoms with E-state index in [0.29, 0.717) is 5.92 Å². The van der Waals surface area contributed by atoms with Gasteiger partial charge < -0.3 is 15.0 Å². The molecule has 0 aliphatic carbocycles. The Morgan fingerprint density at radius 2 is 2.67 bits per heavy atom. The standard InChI is InChI=1S/C8H13N3O/c12-6-7-3-9-4-8-10-1-2-11(8)5-7/h1-2,7,9,12H,3-6H2. The largest absolute Gasteiger partial charge is 0.396 e. The van der Waals surface area contributed by atoms with Crippen molar-refractivity contribution in [2.45, 2.75) is 13.1 Å². The molecule has 1 aliphatic rings. The van der Waals surface area contributed by atoms with Crippen molar-refractivity contribution in [1.29, 1.82) is 0 Å². The molecule has 2 heterocycles. The summed E-state index contributed by atoms with van der Waals surface area (Å²) in [4.78, 5) is 4.20. The van der Waals surface area contributed by atoms with Crippen molar-refractivity contribution in [3.05, 3.63) is 18.2 Å². The molecule has 66 valence electrons. The van der Waals surface area contributed by atoms with Gasteiger partial charge in [-0.3, -0.25) is 0 Å². The molecular formula is C8H13N3O. The Kier molecular flexibility index (Phi) is 2.10. The highest BCUT2D eigenvalue weighted by molar-refractivity contribution is 4.94. The first kappa shape index (κ1) is 7.76. The fraction of sp³-hybridized carbons (Fsp3) is 0.625. The topological polar surface area (TPSA) is 50.1 Å². The normalized spacial score (nSPS) is 23.2. The van der Waals surface area contributed by atoms with Gasteiger partial charge in [-0.1, -0.05) is 0 Å². The lowest BCUT2D eigenvalue weighted by atomic mass is 10.1. The molecule has 4 heteroatoms. The number of rotatable bonds is 1. The molecule has 0 amide bonds. The van der Waals surface area contributed by atoms with Gasteiger partial charge in [0.2, 0.25) is 0 Å². The minimum Gasteiger partial charge on any atom is -0.396 e. The van der Waals surface area contributed by atoms with E-state index in [1.165, 1.54) is 0 Å². The molecule has 1 aliphatic heterocycles. The second kappa shape index (κ2) is 3.25. The summed E-state index contributed by atoms with van der Waals surface area (Å²) in [6, 6.07) is 0. The number of hydrogen-bond acceptors (Lipinski definition) is 3. The Balaban J connectivity index is 2.18. The third-order valence-electron chi connectivity index (χ3n) is 2.23. The lowest BCUT2D eigenvalue weighted by Gasteiger charge is -2.10. The minimum absolute atomic E-state index is 0.241. The molecule has 1 aromatic rings. The van der Waals surface area contributed by atoms with Crippen molar-refractivity contribution in [2.24, 2.45) is 5.92 Å². The zero-order chi connectivity index (χ0) is 8.39. The van der Waals surface area contributed by atoms with Crippen molar-refractivity contribution in [3.8, 4) is 0 Å². The van der Waals surface area contributed by atoms with Crippen molar-refractivity contribution in [2.75, 3.05) is 13.2 Å². The number of fused-ring (bicyclic) bond motifs is 1. The molecule has 1 atom stereocenters. The third kappa shape index (κ3) is 1.35.